The molecule has 2 aromatic rings. The number of hydrogen-bond donors (Lipinski definition) is 0. The Morgan fingerprint density at radius 1 is 0.812 bits per heavy atom. The van der Waals surface area contributed by atoms with Crippen LogP contribution in [0.15, 0.2) is 48.5 Å². The SMILES string of the molecule is CN1c2ccccc2P(C)c2ccccc21. The molecular weight excluding hydrogens is 213 g/mol. The summed E-state index contributed by atoms with van der Waals surface area (Å²) in [7, 11) is 1.96. The number of para-hydroxylation sites is 2. The minimum atomic E-state index is -0.192. The number of fused-ring (bicyclic) bond motifs is 2. The maximum Gasteiger partial charge on any atom is 0.0489 e. The molecule has 1 aliphatic rings. The zero-order valence-electron chi connectivity index (χ0n) is 9.51. The van der Waals surface area contributed by atoms with Gasteiger partial charge in [-0.3, -0.25) is 0 Å². The Hall–Kier alpha value is -1.33. The number of anilines is 2. The summed E-state index contributed by atoms with van der Waals surface area (Å²) in [6.45, 7) is 2.35. The molecule has 1 nitrogen and oxygen atoms in total. The van der Waals surface area contributed by atoms with E-state index in [4.69, 9.17) is 0 Å². The zero-order valence-corrected chi connectivity index (χ0v) is 10.4. The second-order valence-electron chi connectivity index (χ2n) is 4.10. The van der Waals surface area contributed by atoms with Crippen LogP contribution in [-0.4, -0.2) is 13.7 Å². The third-order valence-electron chi connectivity index (χ3n) is 3.21. The highest BCUT2D eigenvalue weighted by Crippen LogP contribution is 2.42. The predicted molar refractivity (Wildman–Crippen MR) is 73.1 cm³/mol. The van der Waals surface area contributed by atoms with Gasteiger partial charge in [-0.1, -0.05) is 36.4 Å². The van der Waals surface area contributed by atoms with Crippen molar-refractivity contribution in [2.24, 2.45) is 0 Å². The van der Waals surface area contributed by atoms with Crippen LogP contribution >= 0.6 is 7.92 Å². The predicted octanol–water partition coefficient (Wildman–Crippen LogP) is 2.83. The van der Waals surface area contributed by atoms with Gasteiger partial charge in [0.1, 0.15) is 0 Å². The number of rotatable bonds is 0. The molecule has 0 aliphatic carbocycles. The van der Waals surface area contributed by atoms with Crippen LogP contribution in [0, 0.1) is 0 Å². The lowest BCUT2D eigenvalue weighted by Crippen LogP contribution is -2.30. The molecule has 1 aliphatic heterocycles. The van der Waals surface area contributed by atoms with Gasteiger partial charge in [0.2, 0.25) is 0 Å². The zero-order chi connectivity index (χ0) is 11.1. The molecule has 0 radical (unpaired) electrons. The van der Waals surface area contributed by atoms with Crippen molar-refractivity contribution in [1.82, 2.24) is 0 Å². The average molecular weight is 227 g/mol. The van der Waals surface area contributed by atoms with E-state index in [1.54, 1.807) is 0 Å². The third kappa shape index (κ3) is 1.28. The first kappa shape index (κ1) is 9.86. The van der Waals surface area contributed by atoms with Crippen molar-refractivity contribution in [2.45, 2.75) is 0 Å². The molecular formula is C14H14NP. The van der Waals surface area contributed by atoms with Crippen molar-refractivity contribution in [3.8, 4) is 0 Å². The Bertz CT molecular complexity index is 440. The van der Waals surface area contributed by atoms with Crippen LogP contribution in [0.25, 0.3) is 0 Å². The summed E-state index contributed by atoms with van der Waals surface area (Å²) in [6, 6.07) is 17.5. The third-order valence-corrected chi connectivity index (χ3v) is 5.41. The molecule has 0 aromatic heterocycles. The van der Waals surface area contributed by atoms with E-state index in [1.165, 1.54) is 22.0 Å². The Morgan fingerprint density at radius 3 is 1.75 bits per heavy atom. The van der Waals surface area contributed by atoms with E-state index in [1.807, 2.05) is 0 Å². The molecule has 0 atom stereocenters. The Labute approximate surface area is 97.5 Å². The molecule has 2 heteroatoms. The minimum Gasteiger partial charge on any atom is -0.344 e. The molecule has 3 rings (SSSR count). The minimum absolute atomic E-state index is 0.192. The fourth-order valence-corrected chi connectivity index (χ4v) is 4.34. The molecule has 80 valence electrons. The largest absolute Gasteiger partial charge is 0.344 e. The fraction of sp³-hybridized carbons (Fsp3) is 0.143. The lowest BCUT2D eigenvalue weighted by atomic mass is 10.2. The summed E-state index contributed by atoms with van der Waals surface area (Å²) in [5, 5.41) is 2.97. The van der Waals surface area contributed by atoms with Crippen molar-refractivity contribution in [3.05, 3.63) is 48.5 Å². The van der Waals surface area contributed by atoms with Gasteiger partial charge in [0, 0.05) is 29.0 Å². The van der Waals surface area contributed by atoms with Crippen molar-refractivity contribution < 1.29 is 0 Å². The van der Waals surface area contributed by atoms with Gasteiger partial charge in [0.05, 0.1) is 0 Å². The van der Waals surface area contributed by atoms with Gasteiger partial charge >= 0.3 is 0 Å². The lowest BCUT2D eigenvalue weighted by Gasteiger charge is -2.33. The normalized spacial score (nSPS) is 14.5. The molecule has 0 unspecified atom stereocenters. The quantitative estimate of drug-likeness (QED) is 0.625. The van der Waals surface area contributed by atoms with Gasteiger partial charge in [0.15, 0.2) is 0 Å². The average Bonchev–Trinajstić information content (AvgIpc) is 2.36. The highest BCUT2D eigenvalue weighted by Gasteiger charge is 2.24. The van der Waals surface area contributed by atoms with Gasteiger partial charge < -0.3 is 4.90 Å². The highest BCUT2D eigenvalue weighted by atomic mass is 31.1. The van der Waals surface area contributed by atoms with Gasteiger partial charge in [-0.25, -0.2) is 0 Å². The lowest BCUT2D eigenvalue weighted by molar-refractivity contribution is 1.22. The molecule has 0 N–H and O–H groups in total. The van der Waals surface area contributed by atoms with Crippen LogP contribution in [-0.2, 0) is 0 Å². The van der Waals surface area contributed by atoms with E-state index in [-0.39, 0.29) is 7.92 Å². The monoisotopic (exact) mass is 227 g/mol. The molecule has 0 fully saturated rings. The molecule has 1 heterocycles. The van der Waals surface area contributed by atoms with E-state index in [0.29, 0.717) is 0 Å². The Kier molecular flexibility index (Phi) is 2.22. The molecule has 0 bridgehead atoms. The second-order valence-corrected chi connectivity index (χ2v) is 6.18. The number of benzene rings is 2. The van der Waals surface area contributed by atoms with Crippen LogP contribution in [0.4, 0.5) is 11.4 Å². The fourth-order valence-electron chi connectivity index (χ4n) is 2.32. The van der Waals surface area contributed by atoms with Gasteiger partial charge in [0.25, 0.3) is 0 Å². The van der Waals surface area contributed by atoms with E-state index < -0.39 is 0 Å². The van der Waals surface area contributed by atoms with Crippen LogP contribution in [0.3, 0.4) is 0 Å². The summed E-state index contributed by atoms with van der Waals surface area (Å²) in [5.74, 6) is 0. The number of nitrogens with zero attached hydrogens (tertiary/aromatic N) is 1. The molecule has 0 saturated carbocycles. The van der Waals surface area contributed by atoms with Crippen LogP contribution in [0.1, 0.15) is 0 Å². The van der Waals surface area contributed by atoms with Gasteiger partial charge in [-0.2, -0.15) is 0 Å². The smallest absolute Gasteiger partial charge is 0.0489 e. The van der Waals surface area contributed by atoms with Crippen LogP contribution in [0.2, 0.25) is 0 Å². The molecule has 0 spiro atoms. The topological polar surface area (TPSA) is 3.24 Å². The van der Waals surface area contributed by atoms with Gasteiger partial charge in [-0.05, 0) is 26.7 Å². The molecule has 2 aromatic carbocycles. The first-order valence-corrected chi connectivity index (χ1v) is 7.23. The van der Waals surface area contributed by atoms with Crippen LogP contribution < -0.4 is 15.5 Å². The van der Waals surface area contributed by atoms with E-state index >= 15 is 0 Å². The highest BCUT2D eigenvalue weighted by molar-refractivity contribution is 7.73. The standard InChI is InChI=1S/C14H14NP/c1-15-11-7-3-5-9-13(11)16(2)14-10-6-4-8-12(14)15/h3-10H,1-2H3. The summed E-state index contributed by atoms with van der Waals surface area (Å²) in [6.07, 6.45) is 0. The summed E-state index contributed by atoms with van der Waals surface area (Å²) in [5.41, 5.74) is 2.71. The maximum absolute atomic E-state index is 2.35. The van der Waals surface area contributed by atoms with Crippen LogP contribution in [0.5, 0.6) is 0 Å². The molecule has 16 heavy (non-hydrogen) atoms. The van der Waals surface area contributed by atoms with E-state index in [2.05, 4.69) is 67.1 Å². The van der Waals surface area contributed by atoms with Gasteiger partial charge in [-0.15, -0.1) is 0 Å². The van der Waals surface area contributed by atoms with E-state index in [0.717, 1.165) is 0 Å². The summed E-state index contributed by atoms with van der Waals surface area (Å²) in [4.78, 5) is 2.30. The molecule has 0 saturated heterocycles. The Balaban J connectivity index is 2.26. The molecule has 0 amide bonds. The van der Waals surface area contributed by atoms with Crippen molar-refractivity contribution in [3.63, 3.8) is 0 Å². The summed E-state index contributed by atoms with van der Waals surface area (Å²) >= 11 is 0. The maximum atomic E-state index is 2.35. The van der Waals surface area contributed by atoms with Crippen molar-refractivity contribution in [2.75, 3.05) is 18.6 Å². The first-order chi connectivity index (χ1) is 7.79. The second kappa shape index (κ2) is 3.61. The summed E-state index contributed by atoms with van der Waals surface area (Å²) < 4.78 is 0. The Morgan fingerprint density at radius 2 is 1.25 bits per heavy atom. The number of hydrogen-bond acceptors (Lipinski definition) is 1. The van der Waals surface area contributed by atoms with E-state index in [9.17, 15) is 0 Å². The van der Waals surface area contributed by atoms with Crippen molar-refractivity contribution in [1.29, 1.82) is 0 Å². The van der Waals surface area contributed by atoms with Crippen molar-refractivity contribution >= 4 is 29.9 Å². The first-order valence-electron chi connectivity index (χ1n) is 5.44.